The monoisotopic (exact) mass is 293 g/mol. The van der Waals surface area contributed by atoms with Crippen molar-refractivity contribution in [2.75, 3.05) is 7.11 Å². The number of aromatic nitrogens is 1. The predicted octanol–water partition coefficient (Wildman–Crippen LogP) is 5.13. The Morgan fingerprint density at radius 1 is 1.09 bits per heavy atom. The smallest absolute Gasteiger partial charge is 0.176 e. The van der Waals surface area contributed by atoms with Gasteiger partial charge < -0.3 is 9.15 Å². The summed E-state index contributed by atoms with van der Waals surface area (Å²) in [5, 5.41) is 1.08. The third-order valence-electron chi connectivity index (χ3n) is 3.65. The molecular weight excluding hydrogens is 274 g/mol. The molecule has 2 aromatic heterocycles. The molecule has 0 amide bonds. The maximum Gasteiger partial charge on any atom is 0.176 e. The second-order valence-electron chi connectivity index (χ2n) is 5.52. The lowest BCUT2D eigenvalue weighted by molar-refractivity contribution is 0.406. The topological polar surface area (TPSA) is 35.3 Å². The van der Waals surface area contributed by atoms with Crippen molar-refractivity contribution < 1.29 is 9.15 Å². The second kappa shape index (κ2) is 6.06. The van der Waals surface area contributed by atoms with Crippen molar-refractivity contribution in [2.45, 2.75) is 19.8 Å². The van der Waals surface area contributed by atoms with Gasteiger partial charge in [-0.05, 0) is 35.4 Å². The number of hydrogen-bond acceptors (Lipinski definition) is 3. The van der Waals surface area contributed by atoms with Crippen LogP contribution in [0.2, 0.25) is 0 Å². The van der Waals surface area contributed by atoms with E-state index in [0.717, 1.165) is 33.6 Å². The van der Waals surface area contributed by atoms with Crippen LogP contribution in [-0.2, 0) is 0 Å². The predicted molar refractivity (Wildman–Crippen MR) is 90.0 cm³/mol. The zero-order valence-corrected chi connectivity index (χ0v) is 13.0. The van der Waals surface area contributed by atoms with E-state index in [0.29, 0.717) is 5.92 Å². The van der Waals surface area contributed by atoms with Gasteiger partial charge in [0.05, 0.1) is 7.11 Å². The molecule has 112 valence electrons. The molecule has 1 aromatic carbocycles. The highest BCUT2D eigenvalue weighted by Crippen LogP contribution is 2.34. The molecule has 0 aliphatic carbocycles. The van der Waals surface area contributed by atoms with Crippen molar-refractivity contribution in [1.82, 2.24) is 4.98 Å². The van der Waals surface area contributed by atoms with Crippen molar-refractivity contribution in [1.29, 1.82) is 0 Å². The van der Waals surface area contributed by atoms with E-state index in [4.69, 9.17) is 9.15 Å². The fraction of sp³-hybridized carbons (Fsp3) is 0.211. The van der Waals surface area contributed by atoms with E-state index >= 15 is 0 Å². The van der Waals surface area contributed by atoms with Crippen LogP contribution in [0, 0.1) is 0 Å². The summed E-state index contributed by atoms with van der Waals surface area (Å²) in [6.45, 7) is 4.24. The highest BCUT2D eigenvalue weighted by molar-refractivity contribution is 5.93. The SMILES string of the molecule is COc1ccc(C=Cc2ccncc2)c2cc(C(C)C)oc12. The number of hydrogen-bond donors (Lipinski definition) is 0. The van der Waals surface area contributed by atoms with Crippen LogP contribution in [0.4, 0.5) is 0 Å². The highest BCUT2D eigenvalue weighted by atomic mass is 16.5. The van der Waals surface area contributed by atoms with Crippen molar-refractivity contribution in [3.8, 4) is 5.75 Å². The summed E-state index contributed by atoms with van der Waals surface area (Å²) < 4.78 is 11.4. The number of benzene rings is 1. The number of ether oxygens (including phenoxy) is 1. The first-order chi connectivity index (χ1) is 10.7. The van der Waals surface area contributed by atoms with E-state index in [-0.39, 0.29) is 0 Å². The molecule has 3 heteroatoms. The summed E-state index contributed by atoms with van der Waals surface area (Å²) in [4.78, 5) is 4.03. The number of methoxy groups -OCH3 is 1. The van der Waals surface area contributed by atoms with Crippen LogP contribution in [0.3, 0.4) is 0 Å². The number of pyridine rings is 1. The Morgan fingerprint density at radius 2 is 1.86 bits per heavy atom. The summed E-state index contributed by atoms with van der Waals surface area (Å²) in [6, 6.07) is 10.1. The minimum Gasteiger partial charge on any atom is -0.493 e. The first-order valence-electron chi connectivity index (χ1n) is 7.37. The minimum atomic E-state index is 0.342. The van der Waals surface area contributed by atoms with Gasteiger partial charge in [0.2, 0.25) is 0 Å². The van der Waals surface area contributed by atoms with Crippen LogP contribution < -0.4 is 4.74 Å². The first kappa shape index (κ1) is 14.4. The molecule has 0 aliphatic rings. The standard InChI is InChI=1S/C19H19NO2/c1-13(2)18-12-16-15(5-4-14-8-10-20-11-9-14)6-7-17(21-3)19(16)22-18/h4-13H,1-3H3. The Labute approximate surface area is 130 Å². The maximum absolute atomic E-state index is 5.98. The summed E-state index contributed by atoms with van der Waals surface area (Å²) >= 11 is 0. The van der Waals surface area contributed by atoms with Gasteiger partial charge in [-0.25, -0.2) is 0 Å². The Kier molecular flexibility index (Phi) is 3.96. The molecule has 0 spiro atoms. The largest absolute Gasteiger partial charge is 0.493 e. The average molecular weight is 293 g/mol. The van der Waals surface area contributed by atoms with Gasteiger partial charge in [-0.3, -0.25) is 4.98 Å². The second-order valence-corrected chi connectivity index (χ2v) is 5.52. The van der Waals surface area contributed by atoms with Crippen LogP contribution >= 0.6 is 0 Å². The molecule has 0 atom stereocenters. The van der Waals surface area contributed by atoms with Crippen molar-refractivity contribution >= 4 is 23.1 Å². The van der Waals surface area contributed by atoms with E-state index in [9.17, 15) is 0 Å². The molecule has 0 bridgehead atoms. The highest BCUT2D eigenvalue weighted by Gasteiger charge is 2.13. The molecule has 0 aliphatic heterocycles. The number of nitrogens with zero attached hydrogens (tertiary/aromatic N) is 1. The zero-order chi connectivity index (χ0) is 15.5. The van der Waals surface area contributed by atoms with Crippen LogP contribution in [-0.4, -0.2) is 12.1 Å². The van der Waals surface area contributed by atoms with E-state index < -0.39 is 0 Å². The van der Waals surface area contributed by atoms with Gasteiger partial charge in [0.1, 0.15) is 5.76 Å². The number of fused-ring (bicyclic) bond motifs is 1. The molecule has 0 radical (unpaired) electrons. The van der Waals surface area contributed by atoms with E-state index in [2.05, 4.69) is 43.1 Å². The lowest BCUT2D eigenvalue weighted by atomic mass is 10.1. The average Bonchev–Trinajstić information content (AvgIpc) is 2.99. The molecule has 22 heavy (non-hydrogen) atoms. The maximum atomic E-state index is 5.98. The van der Waals surface area contributed by atoms with Gasteiger partial charge in [0.15, 0.2) is 11.3 Å². The van der Waals surface area contributed by atoms with Crippen molar-refractivity contribution in [2.24, 2.45) is 0 Å². The molecule has 3 aromatic rings. The fourth-order valence-corrected chi connectivity index (χ4v) is 2.39. The molecule has 0 fully saturated rings. The first-order valence-corrected chi connectivity index (χ1v) is 7.37. The lowest BCUT2D eigenvalue weighted by Gasteiger charge is -2.03. The minimum absolute atomic E-state index is 0.342. The van der Waals surface area contributed by atoms with Gasteiger partial charge >= 0.3 is 0 Å². The summed E-state index contributed by atoms with van der Waals surface area (Å²) in [5.74, 6) is 2.08. The van der Waals surface area contributed by atoms with Crippen LogP contribution in [0.1, 0.15) is 36.7 Å². The summed E-state index contributed by atoms with van der Waals surface area (Å²) in [6.07, 6.45) is 7.75. The Morgan fingerprint density at radius 3 is 2.55 bits per heavy atom. The van der Waals surface area contributed by atoms with E-state index in [1.165, 1.54) is 0 Å². The van der Waals surface area contributed by atoms with Gasteiger partial charge in [-0.1, -0.05) is 32.1 Å². The Bertz CT molecular complexity index is 801. The van der Waals surface area contributed by atoms with Crippen LogP contribution in [0.15, 0.2) is 47.1 Å². The molecule has 3 nitrogen and oxygen atoms in total. The molecule has 0 saturated carbocycles. The van der Waals surface area contributed by atoms with E-state index in [1.807, 2.05) is 18.2 Å². The normalized spacial score (nSPS) is 11.6. The molecule has 3 rings (SSSR count). The van der Waals surface area contributed by atoms with Crippen LogP contribution in [0.5, 0.6) is 5.75 Å². The molecule has 0 N–H and O–H groups in total. The van der Waals surface area contributed by atoms with Crippen molar-refractivity contribution in [3.63, 3.8) is 0 Å². The summed E-state index contributed by atoms with van der Waals surface area (Å²) in [5.41, 5.74) is 3.04. The van der Waals surface area contributed by atoms with Gasteiger partial charge in [0.25, 0.3) is 0 Å². The van der Waals surface area contributed by atoms with Crippen LogP contribution in [0.25, 0.3) is 23.1 Å². The molecule has 2 heterocycles. The fourth-order valence-electron chi connectivity index (χ4n) is 2.39. The quantitative estimate of drug-likeness (QED) is 0.669. The number of furan rings is 1. The Hall–Kier alpha value is -2.55. The van der Waals surface area contributed by atoms with E-state index in [1.54, 1.807) is 19.5 Å². The van der Waals surface area contributed by atoms with Gasteiger partial charge in [0, 0.05) is 23.7 Å². The lowest BCUT2D eigenvalue weighted by Crippen LogP contribution is -1.84. The Balaban J connectivity index is 2.08. The third-order valence-corrected chi connectivity index (χ3v) is 3.65. The van der Waals surface area contributed by atoms with Gasteiger partial charge in [-0.15, -0.1) is 0 Å². The number of rotatable bonds is 4. The summed E-state index contributed by atoms with van der Waals surface area (Å²) in [7, 11) is 1.67. The molecule has 0 saturated heterocycles. The zero-order valence-electron chi connectivity index (χ0n) is 13.0. The molecular formula is C19H19NO2. The third kappa shape index (κ3) is 2.75. The van der Waals surface area contributed by atoms with Gasteiger partial charge in [-0.2, -0.15) is 0 Å². The molecule has 0 unspecified atom stereocenters. The van der Waals surface area contributed by atoms with Crippen molar-refractivity contribution in [3.05, 3.63) is 59.6 Å².